The number of rotatable bonds is 3. The summed E-state index contributed by atoms with van der Waals surface area (Å²) in [5.41, 5.74) is -1.48. The lowest BCUT2D eigenvalue weighted by atomic mass is 9.39. The van der Waals surface area contributed by atoms with Crippen LogP contribution in [0, 0.1) is 33.5 Å². The van der Waals surface area contributed by atoms with Crippen LogP contribution in [0.25, 0.3) is 0 Å². The average Bonchev–Trinajstić information content (AvgIpc) is 2.84. The number of carbonyl (C=O) groups excluding carboxylic acids is 3. The normalized spacial score (nSPS) is 47.6. The van der Waals surface area contributed by atoms with E-state index in [-0.39, 0.29) is 29.4 Å². The Hall–Kier alpha value is -1.63. The van der Waals surface area contributed by atoms with Gasteiger partial charge in [-0.3, -0.25) is 14.4 Å². The van der Waals surface area contributed by atoms with Crippen LogP contribution in [0.15, 0.2) is 0 Å². The van der Waals surface area contributed by atoms with Gasteiger partial charge in [0.05, 0.1) is 6.10 Å². The van der Waals surface area contributed by atoms with Crippen molar-refractivity contribution < 1.29 is 33.7 Å². The van der Waals surface area contributed by atoms with Gasteiger partial charge in [-0.25, -0.2) is 0 Å². The SMILES string of the molecule is CC(=O)O[C@H]1C[C@@H]2[C@]3(CC[C@@H]4C(C)(C)CC[C@H](OC(C)=O)[C@]42C)C[C@@]1(C)[C@H](OC(C)=O)[C@H]3O. The third kappa shape index (κ3) is 3.43. The molecular weight excluding hydrogens is 424 g/mol. The van der Waals surface area contributed by atoms with Gasteiger partial charge in [-0.1, -0.05) is 27.7 Å². The summed E-state index contributed by atoms with van der Waals surface area (Å²) in [6.07, 6.45) is 2.27. The van der Waals surface area contributed by atoms with Crippen molar-refractivity contribution in [3.63, 3.8) is 0 Å². The fraction of sp³-hybridized carbons (Fsp3) is 0.885. The van der Waals surface area contributed by atoms with E-state index in [1.165, 1.54) is 20.8 Å². The van der Waals surface area contributed by atoms with Crippen molar-refractivity contribution in [3.8, 4) is 0 Å². The van der Waals surface area contributed by atoms with E-state index in [1.54, 1.807) is 0 Å². The Morgan fingerprint density at radius 1 is 0.788 bits per heavy atom. The van der Waals surface area contributed by atoms with Crippen molar-refractivity contribution in [1.82, 2.24) is 0 Å². The van der Waals surface area contributed by atoms with E-state index >= 15 is 0 Å². The van der Waals surface area contributed by atoms with E-state index in [0.29, 0.717) is 18.8 Å². The largest absolute Gasteiger partial charge is 0.462 e. The molecule has 0 radical (unpaired) electrons. The second kappa shape index (κ2) is 7.69. The molecule has 7 heteroatoms. The van der Waals surface area contributed by atoms with Crippen LogP contribution < -0.4 is 0 Å². The minimum Gasteiger partial charge on any atom is -0.462 e. The third-order valence-corrected chi connectivity index (χ3v) is 10.1. The molecule has 0 aromatic carbocycles. The predicted molar refractivity (Wildman–Crippen MR) is 120 cm³/mol. The van der Waals surface area contributed by atoms with E-state index in [2.05, 4.69) is 20.8 Å². The molecule has 0 heterocycles. The Bertz CT molecular complexity index is 852. The fourth-order valence-corrected chi connectivity index (χ4v) is 8.99. The molecule has 0 aliphatic heterocycles. The molecule has 0 unspecified atom stereocenters. The van der Waals surface area contributed by atoms with E-state index < -0.39 is 40.5 Å². The number of ether oxygens (including phenoxy) is 3. The lowest BCUT2D eigenvalue weighted by Crippen LogP contribution is -2.65. The third-order valence-electron chi connectivity index (χ3n) is 10.1. The van der Waals surface area contributed by atoms with Crippen molar-refractivity contribution in [2.24, 2.45) is 33.5 Å². The van der Waals surface area contributed by atoms with Gasteiger partial charge in [0.1, 0.15) is 18.3 Å². The number of fused-ring (bicyclic) bond motifs is 3. The van der Waals surface area contributed by atoms with Crippen molar-refractivity contribution in [2.45, 2.75) is 111 Å². The molecule has 1 spiro atoms. The minimum absolute atomic E-state index is 0.0411. The molecule has 33 heavy (non-hydrogen) atoms. The first-order chi connectivity index (χ1) is 15.2. The zero-order valence-corrected chi connectivity index (χ0v) is 21.1. The van der Waals surface area contributed by atoms with Crippen LogP contribution in [-0.4, -0.2) is 47.4 Å². The van der Waals surface area contributed by atoms with E-state index in [9.17, 15) is 19.5 Å². The molecule has 0 aromatic heterocycles. The standard InChI is InChI=1S/C26H40O7/c1-14(27)31-19-9-10-23(4,5)17-8-11-26-13-24(6,22(21(26)30)33-16(3)29)20(32-15(2)28)12-18(26)25(17,19)7/h17-22,30H,8-13H2,1-7H3/t17-,18+,19+,20+,21-,22-,24-,25-,26+/m1/s1. The number of carbonyl (C=O) groups is 3. The number of aliphatic hydroxyl groups excluding tert-OH is 1. The quantitative estimate of drug-likeness (QED) is 0.501. The van der Waals surface area contributed by atoms with E-state index in [1.807, 2.05) is 6.92 Å². The molecule has 186 valence electrons. The first-order valence-electron chi connectivity index (χ1n) is 12.4. The summed E-state index contributed by atoms with van der Waals surface area (Å²) in [6, 6.07) is 0. The van der Waals surface area contributed by atoms with Gasteiger partial charge in [0, 0.05) is 37.0 Å². The lowest BCUT2D eigenvalue weighted by molar-refractivity contribution is -0.237. The summed E-state index contributed by atoms with van der Waals surface area (Å²) in [6.45, 7) is 13.0. The molecule has 0 aromatic rings. The summed E-state index contributed by atoms with van der Waals surface area (Å²) >= 11 is 0. The lowest BCUT2D eigenvalue weighted by Gasteiger charge is -2.66. The predicted octanol–water partition coefficient (Wildman–Crippen LogP) is 3.80. The highest BCUT2D eigenvalue weighted by Gasteiger charge is 2.76. The van der Waals surface area contributed by atoms with Crippen molar-refractivity contribution >= 4 is 17.9 Å². The summed E-state index contributed by atoms with van der Waals surface area (Å²) in [5, 5.41) is 11.8. The molecule has 0 saturated heterocycles. The molecule has 4 aliphatic carbocycles. The smallest absolute Gasteiger partial charge is 0.303 e. The highest BCUT2D eigenvalue weighted by Crippen LogP contribution is 2.74. The monoisotopic (exact) mass is 464 g/mol. The minimum atomic E-state index is -0.863. The summed E-state index contributed by atoms with van der Waals surface area (Å²) < 4.78 is 17.6. The number of esters is 3. The van der Waals surface area contributed by atoms with Gasteiger partial charge in [0.15, 0.2) is 0 Å². The van der Waals surface area contributed by atoms with Gasteiger partial charge < -0.3 is 19.3 Å². The average molecular weight is 465 g/mol. The second-order valence-corrected chi connectivity index (χ2v) is 12.4. The number of hydrogen-bond donors (Lipinski definition) is 1. The Labute approximate surface area is 196 Å². The molecule has 4 saturated carbocycles. The molecular formula is C26H40O7. The number of aliphatic hydroxyl groups is 1. The molecule has 9 atom stereocenters. The first kappa shape index (κ1) is 24.5. The maximum atomic E-state index is 12.1. The maximum Gasteiger partial charge on any atom is 0.303 e. The van der Waals surface area contributed by atoms with Gasteiger partial charge in [0.25, 0.3) is 0 Å². The fourth-order valence-electron chi connectivity index (χ4n) is 8.99. The highest BCUT2D eigenvalue weighted by molar-refractivity contribution is 5.67. The van der Waals surface area contributed by atoms with Crippen LogP contribution in [0.1, 0.15) is 87.0 Å². The zero-order chi connectivity index (χ0) is 24.6. The van der Waals surface area contributed by atoms with E-state index in [0.717, 1.165) is 25.7 Å². The van der Waals surface area contributed by atoms with Gasteiger partial charge >= 0.3 is 17.9 Å². The second-order valence-electron chi connectivity index (χ2n) is 12.4. The van der Waals surface area contributed by atoms with Gasteiger partial charge in [0.2, 0.25) is 0 Å². The van der Waals surface area contributed by atoms with Gasteiger partial charge in [-0.05, 0) is 55.8 Å². The molecule has 0 amide bonds. The summed E-state index contributed by atoms with van der Waals surface area (Å²) in [7, 11) is 0. The Morgan fingerprint density at radius 2 is 1.36 bits per heavy atom. The molecule has 4 rings (SSSR count). The Morgan fingerprint density at radius 3 is 1.94 bits per heavy atom. The molecule has 2 bridgehead atoms. The van der Waals surface area contributed by atoms with Crippen LogP contribution in [0.2, 0.25) is 0 Å². The van der Waals surface area contributed by atoms with Crippen LogP contribution in [0.4, 0.5) is 0 Å². The van der Waals surface area contributed by atoms with Gasteiger partial charge in [-0.15, -0.1) is 0 Å². The summed E-state index contributed by atoms with van der Waals surface area (Å²) in [5.74, 6) is -0.864. The van der Waals surface area contributed by atoms with Crippen molar-refractivity contribution in [1.29, 1.82) is 0 Å². The molecule has 4 aliphatic rings. The van der Waals surface area contributed by atoms with E-state index in [4.69, 9.17) is 14.2 Å². The first-order valence-corrected chi connectivity index (χ1v) is 12.4. The van der Waals surface area contributed by atoms with Crippen LogP contribution in [0.3, 0.4) is 0 Å². The van der Waals surface area contributed by atoms with Gasteiger partial charge in [-0.2, -0.15) is 0 Å². The number of hydrogen-bond acceptors (Lipinski definition) is 7. The highest BCUT2D eigenvalue weighted by atomic mass is 16.6. The van der Waals surface area contributed by atoms with Crippen molar-refractivity contribution in [2.75, 3.05) is 0 Å². The Balaban J connectivity index is 1.85. The molecule has 7 nitrogen and oxygen atoms in total. The van der Waals surface area contributed by atoms with Crippen molar-refractivity contribution in [3.05, 3.63) is 0 Å². The summed E-state index contributed by atoms with van der Waals surface area (Å²) in [4.78, 5) is 36.2. The zero-order valence-electron chi connectivity index (χ0n) is 21.1. The van der Waals surface area contributed by atoms with Crippen LogP contribution in [-0.2, 0) is 28.6 Å². The molecule has 4 fully saturated rings. The topological polar surface area (TPSA) is 99.1 Å². The van der Waals surface area contributed by atoms with Crippen LogP contribution >= 0.6 is 0 Å². The Kier molecular flexibility index (Phi) is 5.71. The molecule has 1 N–H and O–H groups in total. The maximum absolute atomic E-state index is 12.1. The van der Waals surface area contributed by atoms with Crippen LogP contribution in [0.5, 0.6) is 0 Å².